The fourth-order valence-corrected chi connectivity index (χ4v) is 3.79. The minimum Gasteiger partial charge on any atom is -0.487 e. The second kappa shape index (κ2) is 11.0. The quantitative estimate of drug-likeness (QED) is 0.310. The monoisotopic (exact) mass is 508 g/mol. The van der Waals surface area contributed by atoms with E-state index in [4.69, 9.17) is 4.74 Å². The summed E-state index contributed by atoms with van der Waals surface area (Å²) in [7, 11) is 1.90. The largest absolute Gasteiger partial charge is 0.487 e. The van der Waals surface area contributed by atoms with Crippen LogP contribution in [0.4, 0.5) is 0 Å². The number of hydrogen-bond donors (Lipinski definition) is 1. The van der Waals surface area contributed by atoms with Crippen LogP contribution in [0, 0.1) is 0 Å². The third-order valence-electron chi connectivity index (χ3n) is 5.33. The predicted octanol–water partition coefficient (Wildman–Crippen LogP) is 5.82. The van der Waals surface area contributed by atoms with Gasteiger partial charge in [-0.1, -0.05) is 18.2 Å². The number of ether oxygens (including phenoxy) is 1. The Bertz CT molecular complexity index is 1460. The summed E-state index contributed by atoms with van der Waals surface area (Å²) in [4.78, 5) is 20.3. The van der Waals surface area contributed by atoms with Crippen molar-refractivity contribution in [3.63, 3.8) is 0 Å². The Kier molecular flexibility index (Phi) is 8.06. The molecule has 2 aromatic carbocycles. The Morgan fingerprint density at radius 3 is 2.40 bits per heavy atom. The molecule has 5 rings (SSSR count). The molecular formula is C26H22Cl2N4O3. The van der Waals surface area contributed by atoms with E-state index in [1.54, 1.807) is 41.3 Å². The van der Waals surface area contributed by atoms with Crippen molar-refractivity contribution < 1.29 is 14.6 Å². The van der Waals surface area contributed by atoms with Crippen molar-refractivity contribution in [3.05, 3.63) is 96.6 Å². The van der Waals surface area contributed by atoms with Gasteiger partial charge in [-0.15, -0.1) is 24.8 Å². The minimum atomic E-state index is -0.987. The number of halogens is 2. The number of fused-ring (bicyclic) bond motifs is 1. The van der Waals surface area contributed by atoms with Gasteiger partial charge in [-0.05, 0) is 54.1 Å². The molecule has 7 nitrogen and oxygen atoms in total. The maximum Gasteiger partial charge on any atom is 0.336 e. The predicted molar refractivity (Wildman–Crippen MR) is 139 cm³/mol. The number of hydrogen-bond acceptors (Lipinski definition) is 5. The van der Waals surface area contributed by atoms with Crippen LogP contribution < -0.4 is 4.74 Å². The van der Waals surface area contributed by atoms with E-state index >= 15 is 0 Å². The Labute approximate surface area is 214 Å². The van der Waals surface area contributed by atoms with Crippen LogP contribution in [0.1, 0.15) is 16.1 Å². The standard InChI is InChI=1S/C26H20N4O3.2ClH/c1-30-15-23(17-10-12-27-13-11-17)25(29-30)18-6-8-20(9-7-18)33-16-19-14-22(26(31)32)21-4-2-3-5-24(21)28-19;;/h2-15H,16H2,1H3,(H,31,32);2*1H. The van der Waals surface area contributed by atoms with Crippen molar-refractivity contribution in [1.29, 1.82) is 0 Å². The number of aromatic nitrogens is 4. The lowest BCUT2D eigenvalue weighted by Crippen LogP contribution is -2.04. The first-order chi connectivity index (χ1) is 16.1. The van der Waals surface area contributed by atoms with Gasteiger partial charge in [0.05, 0.1) is 16.8 Å². The number of rotatable bonds is 6. The van der Waals surface area contributed by atoms with E-state index in [-0.39, 0.29) is 37.0 Å². The molecule has 3 aromatic heterocycles. The molecule has 3 heterocycles. The van der Waals surface area contributed by atoms with Crippen molar-refractivity contribution >= 4 is 41.7 Å². The zero-order valence-electron chi connectivity index (χ0n) is 18.7. The van der Waals surface area contributed by atoms with Crippen molar-refractivity contribution in [3.8, 4) is 28.1 Å². The van der Waals surface area contributed by atoms with E-state index in [9.17, 15) is 9.90 Å². The first-order valence-corrected chi connectivity index (χ1v) is 10.4. The molecule has 178 valence electrons. The number of carboxylic acid groups (broad SMARTS) is 1. The summed E-state index contributed by atoms with van der Waals surface area (Å²) in [6, 6.07) is 20.3. The number of aryl methyl sites for hydroxylation is 1. The molecule has 0 radical (unpaired) electrons. The van der Waals surface area contributed by atoms with Crippen LogP contribution in [0.3, 0.4) is 0 Å². The van der Waals surface area contributed by atoms with Gasteiger partial charge >= 0.3 is 5.97 Å². The highest BCUT2D eigenvalue weighted by atomic mass is 35.5. The third kappa shape index (κ3) is 5.42. The normalized spacial score (nSPS) is 10.3. The van der Waals surface area contributed by atoms with Gasteiger partial charge in [0.25, 0.3) is 0 Å². The van der Waals surface area contributed by atoms with E-state index in [1.165, 1.54) is 0 Å². The molecule has 1 N–H and O–H groups in total. The second-order valence-electron chi connectivity index (χ2n) is 7.60. The zero-order valence-corrected chi connectivity index (χ0v) is 20.3. The highest BCUT2D eigenvalue weighted by Gasteiger charge is 2.14. The maximum atomic E-state index is 11.7. The van der Waals surface area contributed by atoms with Crippen LogP contribution in [0.2, 0.25) is 0 Å². The van der Waals surface area contributed by atoms with Crippen LogP contribution in [0.25, 0.3) is 33.3 Å². The molecule has 0 saturated carbocycles. The average Bonchev–Trinajstić information content (AvgIpc) is 3.24. The topological polar surface area (TPSA) is 90.1 Å². The smallest absolute Gasteiger partial charge is 0.336 e. The number of carboxylic acids is 1. The van der Waals surface area contributed by atoms with Gasteiger partial charge in [-0.3, -0.25) is 9.67 Å². The molecule has 0 amide bonds. The van der Waals surface area contributed by atoms with E-state index in [2.05, 4.69) is 15.1 Å². The fraction of sp³-hybridized carbons (Fsp3) is 0.0769. The van der Waals surface area contributed by atoms with E-state index in [0.29, 0.717) is 22.3 Å². The first-order valence-electron chi connectivity index (χ1n) is 10.4. The van der Waals surface area contributed by atoms with Crippen LogP contribution in [-0.4, -0.2) is 30.8 Å². The number of para-hydroxylation sites is 1. The summed E-state index contributed by atoms with van der Waals surface area (Å²) in [6.45, 7) is 0.163. The summed E-state index contributed by atoms with van der Waals surface area (Å²) < 4.78 is 7.69. The SMILES string of the molecule is Cl.Cl.Cn1cc(-c2ccncc2)c(-c2ccc(OCc3cc(C(=O)O)c4ccccc4n3)cc2)n1. The van der Waals surface area contributed by atoms with Crippen molar-refractivity contribution in [2.24, 2.45) is 7.05 Å². The van der Waals surface area contributed by atoms with Gasteiger partial charge < -0.3 is 9.84 Å². The summed E-state index contributed by atoms with van der Waals surface area (Å²) in [5, 5.41) is 14.8. The Morgan fingerprint density at radius 2 is 1.69 bits per heavy atom. The molecule has 0 bridgehead atoms. The van der Waals surface area contributed by atoms with Gasteiger partial charge in [-0.2, -0.15) is 5.10 Å². The molecule has 0 atom stereocenters. The summed E-state index contributed by atoms with van der Waals surface area (Å²) in [5.41, 5.74) is 5.31. The van der Waals surface area contributed by atoms with Crippen molar-refractivity contribution in [2.75, 3.05) is 0 Å². The molecule has 5 aromatic rings. The second-order valence-corrected chi connectivity index (χ2v) is 7.60. The minimum absolute atomic E-state index is 0. The average molecular weight is 509 g/mol. The van der Waals surface area contributed by atoms with Gasteiger partial charge in [0.15, 0.2) is 0 Å². The van der Waals surface area contributed by atoms with Crippen molar-refractivity contribution in [2.45, 2.75) is 6.61 Å². The molecule has 0 aliphatic heterocycles. The molecular weight excluding hydrogens is 487 g/mol. The summed E-state index contributed by atoms with van der Waals surface area (Å²) in [5.74, 6) is -0.327. The zero-order chi connectivity index (χ0) is 22.8. The lowest BCUT2D eigenvalue weighted by atomic mass is 10.0. The maximum absolute atomic E-state index is 11.7. The Balaban J connectivity index is 0.00000171. The van der Waals surface area contributed by atoms with Gasteiger partial charge in [0, 0.05) is 42.2 Å². The lowest BCUT2D eigenvalue weighted by molar-refractivity contribution is 0.0698. The number of pyridine rings is 2. The summed E-state index contributed by atoms with van der Waals surface area (Å²) >= 11 is 0. The number of nitrogens with zero attached hydrogens (tertiary/aromatic N) is 4. The third-order valence-corrected chi connectivity index (χ3v) is 5.33. The van der Waals surface area contributed by atoms with Gasteiger partial charge in [0.1, 0.15) is 18.1 Å². The fourth-order valence-electron chi connectivity index (χ4n) is 3.79. The van der Waals surface area contributed by atoms with E-state index in [0.717, 1.165) is 22.4 Å². The van der Waals surface area contributed by atoms with E-state index in [1.807, 2.05) is 55.7 Å². The summed E-state index contributed by atoms with van der Waals surface area (Å²) in [6.07, 6.45) is 5.51. The lowest BCUT2D eigenvalue weighted by Gasteiger charge is -2.09. The van der Waals surface area contributed by atoms with Crippen LogP contribution in [-0.2, 0) is 13.7 Å². The molecule has 0 aliphatic carbocycles. The van der Waals surface area contributed by atoms with Crippen LogP contribution in [0.15, 0.2) is 85.3 Å². The molecule has 0 aliphatic rings. The highest BCUT2D eigenvalue weighted by molar-refractivity contribution is 6.02. The number of aromatic carboxylic acids is 1. The van der Waals surface area contributed by atoms with Gasteiger partial charge in [0.2, 0.25) is 0 Å². The molecule has 0 unspecified atom stereocenters. The van der Waals surface area contributed by atoms with Crippen molar-refractivity contribution in [1.82, 2.24) is 19.7 Å². The molecule has 9 heteroatoms. The number of carbonyl (C=O) groups is 1. The van der Waals surface area contributed by atoms with Gasteiger partial charge in [-0.25, -0.2) is 9.78 Å². The first kappa shape index (κ1) is 25.7. The molecule has 35 heavy (non-hydrogen) atoms. The Morgan fingerprint density at radius 1 is 0.971 bits per heavy atom. The van der Waals surface area contributed by atoms with E-state index < -0.39 is 5.97 Å². The molecule has 0 fully saturated rings. The number of benzene rings is 2. The molecule has 0 spiro atoms. The Hall–Kier alpha value is -3.94. The van der Waals surface area contributed by atoms with Crippen LogP contribution >= 0.6 is 24.8 Å². The molecule has 0 saturated heterocycles. The highest BCUT2D eigenvalue weighted by Crippen LogP contribution is 2.31. The van der Waals surface area contributed by atoms with Crippen LogP contribution in [0.5, 0.6) is 5.75 Å².